The molecule has 5 heteroatoms. The van der Waals surface area contributed by atoms with Crippen molar-refractivity contribution < 1.29 is 24.1 Å². The summed E-state index contributed by atoms with van der Waals surface area (Å²) in [6.07, 6.45) is 4.76. The minimum absolute atomic E-state index is 0.0480. The predicted octanol–water partition coefficient (Wildman–Crippen LogP) is 4.85. The Morgan fingerprint density at radius 1 is 1.00 bits per heavy atom. The lowest BCUT2D eigenvalue weighted by molar-refractivity contribution is -0.305. The highest BCUT2D eigenvalue weighted by molar-refractivity contribution is 5.64. The van der Waals surface area contributed by atoms with Crippen molar-refractivity contribution in [1.29, 1.82) is 0 Å². The molecule has 0 aromatic heterocycles. The SMILES string of the molecule is CC.COC.O=C([O-])CC/C=C\C[C@@H]1CO[C@H](c2ccccc2)O[C@@H]1c1ccccc1. The highest BCUT2D eigenvalue weighted by Gasteiger charge is 2.33. The number of hydrogen-bond acceptors (Lipinski definition) is 5. The summed E-state index contributed by atoms with van der Waals surface area (Å²) in [5, 5.41) is 10.5. The normalized spacial score (nSPS) is 20.2. The fourth-order valence-electron chi connectivity index (χ4n) is 3.14. The van der Waals surface area contributed by atoms with Crippen molar-refractivity contribution in [3.05, 3.63) is 83.9 Å². The summed E-state index contributed by atoms with van der Waals surface area (Å²) in [6.45, 7) is 4.59. The molecule has 5 nitrogen and oxygen atoms in total. The van der Waals surface area contributed by atoms with Crippen LogP contribution in [0, 0.1) is 5.92 Å². The summed E-state index contributed by atoms with van der Waals surface area (Å²) in [5.74, 6) is -0.844. The second-order valence-electron chi connectivity index (χ2n) is 6.83. The Morgan fingerprint density at radius 3 is 2.10 bits per heavy atom. The summed E-state index contributed by atoms with van der Waals surface area (Å²) < 4.78 is 16.5. The number of ether oxygens (including phenoxy) is 3. The molecule has 0 radical (unpaired) electrons. The third-order valence-electron chi connectivity index (χ3n) is 4.48. The maximum atomic E-state index is 10.5. The molecule has 1 aliphatic rings. The smallest absolute Gasteiger partial charge is 0.184 e. The van der Waals surface area contributed by atoms with Crippen LogP contribution in [-0.2, 0) is 19.0 Å². The average Bonchev–Trinajstić information content (AvgIpc) is 2.82. The Hall–Kier alpha value is -2.47. The molecular formula is C26H35O5-. The molecule has 1 heterocycles. The fourth-order valence-corrected chi connectivity index (χ4v) is 3.14. The Kier molecular flexibility index (Phi) is 13.9. The molecule has 0 bridgehead atoms. The molecule has 3 atom stereocenters. The topological polar surface area (TPSA) is 67.8 Å². The molecule has 1 aliphatic heterocycles. The molecule has 3 rings (SSSR count). The van der Waals surface area contributed by atoms with Crippen LogP contribution < -0.4 is 5.11 Å². The lowest BCUT2D eigenvalue weighted by Gasteiger charge is -2.36. The lowest BCUT2D eigenvalue weighted by Crippen LogP contribution is -2.30. The number of rotatable bonds is 7. The number of hydrogen-bond donors (Lipinski definition) is 0. The van der Waals surface area contributed by atoms with Gasteiger partial charge in [-0.05, 0) is 24.8 Å². The van der Waals surface area contributed by atoms with E-state index in [-0.39, 0.29) is 24.7 Å². The van der Waals surface area contributed by atoms with Crippen molar-refractivity contribution in [2.45, 2.75) is 45.5 Å². The Balaban J connectivity index is 0.000000884. The van der Waals surface area contributed by atoms with Gasteiger partial charge in [-0.3, -0.25) is 0 Å². The zero-order chi connectivity index (χ0) is 22.9. The first-order chi connectivity index (χ1) is 15.2. The van der Waals surface area contributed by atoms with E-state index < -0.39 is 5.97 Å². The summed E-state index contributed by atoms with van der Waals surface area (Å²) in [4.78, 5) is 10.5. The third-order valence-corrected chi connectivity index (χ3v) is 4.48. The second kappa shape index (κ2) is 16.3. The molecule has 0 unspecified atom stereocenters. The second-order valence-corrected chi connectivity index (χ2v) is 6.83. The molecule has 1 saturated heterocycles. The van der Waals surface area contributed by atoms with Crippen LogP contribution in [0.5, 0.6) is 0 Å². The predicted molar refractivity (Wildman–Crippen MR) is 121 cm³/mol. The fraction of sp³-hybridized carbons (Fsp3) is 0.423. The van der Waals surface area contributed by atoms with E-state index >= 15 is 0 Å². The van der Waals surface area contributed by atoms with Gasteiger partial charge in [0.05, 0.1) is 12.7 Å². The van der Waals surface area contributed by atoms with Gasteiger partial charge in [0.1, 0.15) is 0 Å². The molecule has 170 valence electrons. The largest absolute Gasteiger partial charge is 0.550 e. The highest BCUT2D eigenvalue weighted by atomic mass is 16.7. The van der Waals surface area contributed by atoms with E-state index in [1.807, 2.05) is 74.5 Å². The van der Waals surface area contributed by atoms with Gasteiger partial charge in [0, 0.05) is 31.7 Å². The first kappa shape index (κ1) is 26.6. The third kappa shape index (κ3) is 9.92. The summed E-state index contributed by atoms with van der Waals surface area (Å²) in [7, 11) is 3.25. The van der Waals surface area contributed by atoms with E-state index in [0.717, 1.165) is 17.5 Å². The molecule has 0 aliphatic carbocycles. The van der Waals surface area contributed by atoms with Crippen LogP contribution in [0.2, 0.25) is 0 Å². The van der Waals surface area contributed by atoms with E-state index in [4.69, 9.17) is 9.47 Å². The van der Waals surface area contributed by atoms with Gasteiger partial charge in [-0.2, -0.15) is 0 Å². The number of carbonyl (C=O) groups is 1. The van der Waals surface area contributed by atoms with Gasteiger partial charge < -0.3 is 24.1 Å². The van der Waals surface area contributed by atoms with Crippen molar-refractivity contribution in [3.8, 4) is 0 Å². The van der Waals surface area contributed by atoms with Crippen molar-refractivity contribution >= 4 is 5.97 Å². The van der Waals surface area contributed by atoms with Crippen molar-refractivity contribution in [1.82, 2.24) is 0 Å². The maximum absolute atomic E-state index is 10.5. The van der Waals surface area contributed by atoms with Gasteiger partial charge in [0.25, 0.3) is 0 Å². The van der Waals surface area contributed by atoms with Crippen molar-refractivity contribution in [2.75, 3.05) is 20.8 Å². The first-order valence-corrected chi connectivity index (χ1v) is 10.8. The van der Waals surface area contributed by atoms with Crippen LogP contribution in [0.4, 0.5) is 0 Å². The molecule has 0 saturated carbocycles. The number of carboxylic acids is 1. The van der Waals surface area contributed by atoms with E-state index in [1.54, 1.807) is 14.2 Å². The number of carbonyl (C=O) groups excluding carboxylic acids is 1. The minimum Gasteiger partial charge on any atom is -0.550 e. The Bertz CT molecular complexity index is 730. The number of benzene rings is 2. The van der Waals surface area contributed by atoms with Gasteiger partial charge in [-0.1, -0.05) is 86.7 Å². The average molecular weight is 428 g/mol. The molecule has 0 N–H and O–H groups in total. The Labute approximate surface area is 186 Å². The van der Waals surface area contributed by atoms with E-state index in [9.17, 15) is 9.90 Å². The van der Waals surface area contributed by atoms with Crippen LogP contribution in [0.15, 0.2) is 72.8 Å². The summed E-state index contributed by atoms with van der Waals surface area (Å²) >= 11 is 0. The standard InChI is InChI=1S/C22H24O4.C2H6O.C2H6/c23-20(24)15-9-3-8-14-19-16-25-22(18-12-6-2-7-13-18)26-21(19)17-10-4-1-5-11-17;1-3-2;1-2/h1-8,10-13,19,21-22H,9,14-16H2,(H,23,24);1-2H3;1-2H3/p-1/b8-3-;;/t19-,21-,22+;;/m1../s1. The quantitative estimate of drug-likeness (QED) is 0.591. The maximum Gasteiger partial charge on any atom is 0.184 e. The van der Waals surface area contributed by atoms with E-state index in [0.29, 0.717) is 13.0 Å². The number of allylic oxidation sites excluding steroid dienone is 2. The van der Waals surface area contributed by atoms with Crippen molar-refractivity contribution in [2.24, 2.45) is 5.92 Å². The molecule has 0 spiro atoms. The number of carboxylic acid groups (broad SMARTS) is 1. The minimum atomic E-state index is -1.02. The zero-order valence-corrected chi connectivity index (χ0v) is 19.0. The lowest BCUT2D eigenvalue weighted by atomic mass is 9.92. The van der Waals surface area contributed by atoms with E-state index in [1.165, 1.54) is 0 Å². The molecule has 2 aromatic carbocycles. The first-order valence-electron chi connectivity index (χ1n) is 10.8. The molecular weight excluding hydrogens is 392 g/mol. The molecule has 2 aromatic rings. The van der Waals surface area contributed by atoms with Crippen molar-refractivity contribution in [3.63, 3.8) is 0 Å². The monoisotopic (exact) mass is 427 g/mol. The molecule has 31 heavy (non-hydrogen) atoms. The summed E-state index contributed by atoms with van der Waals surface area (Å²) in [6, 6.07) is 20.1. The number of aliphatic carboxylic acids is 1. The van der Waals surface area contributed by atoms with Crippen LogP contribution in [0.3, 0.4) is 0 Å². The molecule has 1 fully saturated rings. The van der Waals surface area contributed by atoms with Gasteiger partial charge >= 0.3 is 0 Å². The highest BCUT2D eigenvalue weighted by Crippen LogP contribution is 2.39. The van der Waals surface area contributed by atoms with Crippen LogP contribution in [-0.4, -0.2) is 26.8 Å². The van der Waals surface area contributed by atoms with Crippen LogP contribution >= 0.6 is 0 Å². The molecule has 0 amide bonds. The van der Waals surface area contributed by atoms with E-state index in [2.05, 4.69) is 16.9 Å². The van der Waals surface area contributed by atoms with Gasteiger partial charge in [0.2, 0.25) is 0 Å². The van der Waals surface area contributed by atoms with Gasteiger partial charge in [-0.25, -0.2) is 0 Å². The van der Waals surface area contributed by atoms with Gasteiger partial charge in [0.15, 0.2) is 6.29 Å². The summed E-state index contributed by atoms with van der Waals surface area (Å²) in [5.41, 5.74) is 2.14. The van der Waals surface area contributed by atoms with Crippen LogP contribution in [0.25, 0.3) is 0 Å². The van der Waals surface area contributed by atoms with Crippen LogP contribution in [0.1, 0.15) is 56.6 Å². The number of methoxy groups -OCH3 is 1. The van der Waals surface area contributed by atoms with Gasteiger partial charge in [-0.15, -0.1) is 0 Å². The zero-order valence-electron chi connectivity index (χ0n) is 19.0. The Morgan fingerprint density at radius 2 is 1.55 bits per heavy atom.